The zero-order chi connectivity index (χ0) is 13.2. The smallest absolute Gasteiger partial charge is 0.0333 e. The molecule has 106 valence electrons. The molecule has 1 N–H and O–H groups in total. The molecule has 2 unspecified atom stereocenters. The molecule has 0 bridgehead atoms. The standard InChI is InChI=1S/C16H26N2S/c1-12(4-3-9-17-14-5-6-14)18-10-7-16-15(13(18)2)8-11-19-16/h8,11-14,17H,3-7,9-10H2,1-2H3. The lowest BCUT2D eigenvalue weighted by molar-refractivity contribution is 0.137. The van der Waals surface area contributed by atoms with E-state index in [1.165, 1.54) is 45.2 Å². The molecule has 0 saturated heterocycles. The summed E-state index contributed by atoms with van der Waals surface area (Å²) in [6, 6.07) is 4.51. The van der Waals surface area contributed by atoms with E-state index in [1.54, 1.807) is 10.4 Å². The molecular weight excluding hydrogens is 252 g/mol. The third kappa shape index (κ3) is 3.21. The maximum Gasteiger partial charge on any atom is 0.0333 e. The summed E-state index contributed by atoms with van der Waals surface area (Å²) in [6.45, 7) is 7.24. The summed E-state index contributed by atoms with van der Waals surface area (Å²) in [6.07, 6.45) is 6.70. The first-order valence-electron chi connectivity index (χ1n) is 7.81. The van der Waals surface area contributed by atoms with Crippen LogP contribution in [0.1, 0.15) is 56.0 Å². The van der Waals surface area contributed by atoms with E-state index >= 15 is 0 Å². The highest BCUT2D eigenvalue weighted by Crippen LogP contribution is 2.34. The van der Waals surface area contributed by atoms with Crippen molar-refractivity contribution >= 4 is 11.3 Å². The Morgan fingerprint density at radius 3 is 3.11 bits per heavy atom. The van der Waals surface area contributed by atoms with Crippen LogP contribution in [-0.2, 0) is 6.42 Å². The van der Waals surface area contributed by atoms with Crippen LogP contribution >= 0.6 is 11.3 Å². The molecule has 1 aromatic heterocycles. The summed E-state index contributed by atoms with van der Waals surface area (Å²) < 4.78 is 0. The van der Waals surface area contributed by atoms with Gasteiger partial charge in [-0.05, 0) is 69.5 Å². The van der Waals surface area contributed by atoms with Gasteiger partial charge in [-0.1, -0.05) is 0 Å². The first-order chi connectivity index (χ1) is 9.25. The van der Waals surface area contributed by atoms with Crippen LogP contribution in [0.25, 0.3) is 0 Å². The van der Waals surface area contributed by atoms with Crippen molar-refractivity contribution in [1.29, 1.82) is 0 Å². The Balaban J connectivity index is 1.48. The zero-order valence-electron chi connectivity index (χ0n) is 12.2. The molecule has 3 rings (SSSR count). The molecule has 19 heavy (non-hydrogen) atoms. The molecule has 2 heterocycles. The molecule has 1 saturated carbocycles. The summed E-state index contributed by atoms with van der Waals surface area (Å²) >= 11 is 1.94. The van der Waals surface area contributed by atoms with Crippen LogP contribution in [0, 0.1) is 0 Å². The van der Waals surface area contributed by atoms with Crippen LogP contribution in [0.15, 0.2) is 11.4 Å². The van der Waals surface area contributed by atoms with Crippen LogP contribution in [0.3, 0.4) is 0 Å². The lowest BCUT2D eigenvalue weighted by atomic mass is 9.98. The van der Waals surface area contributed by atoms with Gasteiger partial charge in [-0.2, -0.15) is 0 Å². The van der Waals surface area contributed by atoms with E-state index in [4.69, 9.17) is 0 Å². The SMILES string of the molecule is CC(CCCNC1CC1)N1CCc2sccc2C1C. The average Bonchev–Trinajstić information content (AvgIpc) is 3.10. The number of thiophene rings is 1. The van der Waals surface area contributed by atoms with Crippen molar-refractivity contribution in [3.8, 4) is 0 Å². The predicted octanol–water partition coefficient (Wildman–Crippen LogP) is 3.59. The molecule has 1 aromatic rings. The number of hydrogen-bond acceptors (Lipinski definition) is 3. The summed E-state index contributed by atoms with van der Waals surface area (Å²) in [4.78, 5) is 4.32. The third-order valence-electron chi connectivity index (χ3n) is 4.70. The fourth-order valence-electron chi connectivity index (χ4n) is 3.29. The minimum atomic E-state index is 0.612. The highest BCUT2D eigenvalue weighted by molar-refractivity contribution is 7.10. The average molecular weight is 278 g/mol. The fourth-order valence-corrected chi connectivity index (χ4v) is 4.25. The Hall–Kier alpha value is -0.380. The minimum Gasteiger partial charge on any atom is -0.314 e. The van der Waals surface area contributed by atoms with E-state index in [2.05, 4.69) is 35.5 Å². The zero-order valence-corrected chi connectivity index (χ0v) is 13.0. The van der Waals surface area contributed by atoms with E-state index in [-0.39, 0.29) is 0 Å². The number of hydrogen-bond donors (Lipinski definition) is 1. The van der Waals surface area contributed by atoms with Crippen molar-refractivity contribution in [3.63, 3.8) is 0 Å². The van der Waals surface area contributed by atoms with Gasteiger partial charge < -0.3 is 5.32 Å². The van der Waals surface area contributed by atoms with Gasteiger partial charge in [0.05, 0.1) is 0 Å². The van der Waals surface area contributed by atoms with Crippen molar-refractivity contribution in [1.82, 2.24) is 10.2 Å². The van der Waals surface area contributed by atoms with Crippen LogP contribution in [0.5, 0.6) is 0 Å². The van der Waals surface area contributed by atoms with Gasteiger partial charge in [0.15, 0.2) is 0 Å². The molecule has 2 atom stereocenters. The third-order valence-corrected chi connectivity index (χ3v) is 5.70. The Kier molecular flexibility index (Phi) is 4.25. The lowest BCUT2D eigenvalue weighted by Gasteiger charge is -2.38. The Bertz CT molecular complexity index is 411. The molecule has 1 fully saturated rings. The van der Waals surface area contributed by atoms with Crippen molar-refractivity contribution in [2.45, 2.75) is 64.1 Å². The Morgan fingerprint density at radius 2 is 2.32 bits per heavy atom. The number of rotatable bonds is 6. The molecule has 2 aliphatic rings. The summed E-state index contributed by atoms with van der Waals surface area (Å²) in [5.74, 6) is 0. The van der Waals surface area contributed by atoms with Gasteiger partial charge in [0, 0.05) is 29.5 Å². The second-order valence-corrected chi connectivity index (χ2v) is 7.18. The van der Waals surface area contributed by atoms with E-state index in [9.17, 15) is 0 Å². The normalized spacial score (nSPS) is 25.3. The van der Waals surface area contributed by atoms with Crippen LogP contribution < -0.4 is 5.32 Å². The first kappa shape index (κ1) is 13.6. The van der Waals surface area contributed by atoms with E-state index in [0.29, 0.717) is 12.1 Å². The van der Waals surface area contributed by atoms with E-state index in [0.717, 1.165) is 6.04 Å². The van der Waals surface area contributed by atoms with Crippen LogP contribution in [0.4, 0.5) is 0 Å². The molecule has 0 spiro atoms. The summed E-state index contributed by atoms with van der Waals surface area (Å²) in [5, 5.41) is 5.88. The minimum absolute atomic E-state index is 0.612. The molecule has 2 nitrogen and oxygen atoms in total. The van der Waals surface area contributed by atoms with Gasteiger partial charge in [0.2, 0.25) is 0 Å². The van der Waals surface area contributed by atoms with E-state index in [1.807, 2.05) is 11.3 Å². The second-order valence-electron chi connectivity index (χ2n) is 6.18. The highest BCUT2D eigenvalue weighted by Gasteiger charge is 2.27. The van der Waals surface area contributed by atoms with E-state index < -0.39 is 0 Å². The predicted molar refractivity (Wildman–Crippen MR) is 82.9 cm³/mol. The summed E-state index contributed by atoms with van der Waals surface area (Å²) in [5.41, 5.74) is 1.58. The highest BCUT2D eigenvalue weighted by atomic mass is 32.1. The molecule has 3 heteroatoms. The molecule has 0 radical (unpaired) electrons. The molecule has 0 aromatic carbocycles. The summed E-state index contributed by atoms with van der Waals surface area (Å²) in [7, 11) is 0. The number of nitrogens with zero attached hydrogens (tertiary/aromatic N) is 1. The maximum absolute atomic E-state index is 3.62. The number of nitrogens with one attached hydrogen (secondary N) is 1. The van der Waals surface area contributed by atoms with Crippen molar-refractivity contribution in [3.05, 3.63) is 21.9 Å². The van der Waals surface area contributed by atoms with Crippen molar-refractivity contribution < 1.29 is 0 Å². The van der Waals surface area contributed by atoms with Crippen molar-refractivity contribution in [2.24, 2.45) is 0 Å². The van der Waals surface area contributed by atoms with Gasteiger partial charge in [0.1, 0.15) is 0 Å². The maximum atomic E-state index is 3.62. The molecular formula is C16H26N2S. The Morgan fingerprint density at radius 1 is 1.47 bits per heavy atom. The largest absolute Gasteiger partial charge is 0.314 e. The molecule has 1 aliphatic heterocycles. The number of fused-ring (bicyclic) bond motifs is 1. The van der Waals surface area contributed by atoms with Crippen molar-refractivity contribution in [2.75, 3.05) is 13.1 Å². The lowest BCUT2D eigenvalue weighted by Crippen LogP contribution is -2.40. The van der Waals surface area contributed by atoms with Gasteiger partial charge in [-0.15, -0.1) is 11.3 Å². The van der Waals surface area contributed by atoms with Gasteiger partial charge in [-0.25, -0.2) is 0 Å². The first-order valence-corrected chi connectivity index (χ1v) is 8.69. The quantitative estimate of drug-likeness (QED) is 0.800. The Labute approximate surface area is 121 Å². The second kappa shape index (κ2) is 5.94. The van der Waals surface area contributed by atoms with Gasteiger partial charge in [0.25, 0.3) is 0 Å². The van der Waals surface area contributed by atoms with Crippen LogP contribution in [-0.4, -0.2) is 30.1 Å². The van der Waals surface area contributed by atoms with Gasteiger partial charge >= 0.3 is 0 Å². The molecule has 0 amide bonds. The monoisotopic (exact) mass is 278 g/mol. The fraction of sp³-hybridized carbons (Fsp3) is 0.750. The molecule has 1 aliphatic carbocycles. The van der Waals surface area contributed by atoms with Gasteiger partial charge in [-0.3, -0.25) is 4.90 Å². The topological polar surface area (TPSA) is 15.3 Å². The van der Waals surface area contributed by atoms with Crippen LogP contribution in [0.2, 0.25) is 0 Å².